The van der Waals surface area contributed by atoms with Gasteiger partial charge in [-0.3, -0.25) is 14.9 Å². The number of hydrogen-bond donors (Lipinski definition) is 0. The molecule has 1 heterocycles. The number of aromatic nitrogens is 1. The summed E-state index contributed by atoms with van der Waals surface area (Å²) >= 11 is 1.21. The summed E-state index contributed by atoms with van der Waals surface area (Å²) in [5.74, 6) is -0.882. The number of ether oxygens (including phenoxy) is 1. The summed E-state index contributed by atoms with van der Waals surface area (Å²) in [6, 6.07) is 10.4. The largest absolute Gasteiger partial charge is 0.380 e. The lowest BCUT2D eigenvalue weighted by Crippen LogP contribution is -2.19. The van der Waals surface area contributed by atoms with Crippen LogP contribution in [0.3, 0.4) is 0 Å². The van der Waals surface area contributed by atoms with Gasteiger partial charge in [0.15, 0.2) is 4.80 Å². The molecule has 3 aromatic rings. The molecule has 150 valence electrons. The van der Waals surface area contributed by atoms with Gasteiger partial charge in [-0.15, -0.1) is 0 Å². The van der Waals surface area contributed by atoms with Crippen molar-refractivity contribution in [2.45, 2.75) is 13.5 Å². The van der Waals surface area contributed by atoms with E-state index in [-0.39, 0.29) is 11.5 Å². The molecule has 0 saturated carbocycles. The van der Waals surface area contributed by atoms with Crippen molar-refractivity contribution in [3.8, 4) is 0 Å². The number of hydrogen-bond acceptors (Lipinski definition) is 5. The van der Waals surface area contributed by atoms with Gasteiger partial charge < -0.3 is 9.30 Å². The third-order valence-corrected chi connectivity index (χ3v) is 5.05. The van der Waals surface area contributed by atoms with Crippen LogP contribution in [0, 0.1) is 15.9 Å². The molecule has 1 amide bonds. The minimum Gasteiger partial charge on any atom is -0.380 e. The molecule has 7 nitrogen and oxygen atoms in total. The van der Waals surface area contributed by atoms with Crippen LogP contribution in [0.5, 0.6) is 0 Å². The first-order chi connectivity index (χ1) is 14.0. The maximum absolute atomic E-state index is 13.6. The van der Waals surface area contributed by atoms with Gasteiger partial charge in [0.25, 0.3) is 11.6 Å². The van der Waals surface area contributed by atoms with E-state index in [4.69, 9.17) is 4.74 Å². The van der Waals surface area contributed by atoms with E-state index in [1.54, 1.807) is 18.2 Å². The average molecular weight is 415 g/mol. The molecule has 29 heavy (non-hydrogen) atoms. The zero-order valence-corrected chi connectivity index (χ0v) is 16.4. The van der Waals surface area contributed by atoms with E-state index in [1.165, 1.54) is 47.8 Å². The molecule has 0 radical (unpaired) electrons. The number of fused-ring (bicyclic) bond motifs is 1. The summed E-state index contributed by atoms with van der Waals surface area (Å²) < 4.78 is 21.4. The topological polar surface area (TPSA) is 86.7 Å². The second-order valence-electron chi connectivity index (χ2n) is 5.98. The summed E-state index contributed by atoms with van der Waals surface area (Å²) in [6.45, 7) is 3.36. The maximum atomic E-state index is 13.6. The van der Waals surface area contributed by atoms with Crippen molar-refractivity contribution in [3.05, 3.63) is 74.8 Å². The Morgan fingerprint density at radius 1 is 1.34 bits per heavy atom. The first-order valence-corrected chi connectivity index (χ1v) is 9.67. The van der Waals surface area contributed by atoms with Crippen molar-refractivity contribution in [3.63, 3.8) is 0 Å². The zero-order valence-electron chi connectivity index (χ0n) is 15.6. The molecule has 2 aromatic carbocycles. The molecule has 9 heteroatoms. The van der Waals surface area contributed by atoms with Crippen LogP contribution in [0.25, 0.3) is 16.3 Å². The smallest absolute Gasteiger partial charge is 0.272 e. The molecule has 0 bridgehead atoms. The maximum Gasteiger partial charge on any atom is 0.272 e. The second-order valence-corrected chi connectivity index (χ2v) is 6.99. The number of nitrogens with zero attached hydrogens (tertiary/aromatic N) is 3. The number of halogens is 1. The highest BCUT2D eigenvalue weighted by atomic mass is 32.1. The standard InChI is InChI=1S/C20H18FN3O4S/c1-2-28-11-10-23-17-8-7-15(21)13-18(17)29-20(23)22-19(25)9-6-14-4-3-5-16(12-14)24(26)27/h3-9,12-13H,2,10-11H2,1H3. The fourth-order valence-corrected chi connectivity index (χ4v) is 3.78. The summed E-state index contributed by atoms with van der Waals surface area (Å²) in [6.07, 6.45) is 2.72. The first kappa shape index (κ1) is 20.6. The Kier molecular flexibility index (Phi) is 6.63. The molecule has 0 unspecified atom stereocenters. The van der Waals surface area contributed by atoms with Crippen LogP contribution in [0.4, 0.5) is 10.1 Å². The Hall–Kier alpha value is -3.17. The predicted octanol–water partition coefficient (Wildman–Crippen LogP) is 3.93. The second kappa shape index (κ2) is 9.35. The summed E-state index contributed by atoms with van der Waals surface area (Å²) in [5.41, 5.74) is 1.23. The molecule has 0 N–H and O–H groups in total. The van der Waals surface area contributed by atoms with Crippen LogP contribution in [-0.2, 0) is 16.1 Å². The van der Waals surface area contributed by atoms with E-state index in [0.717, 1.165) is 5.52 Å². The Morgan fingerprint density at radius 2 is 2.17 bits per heavy atom. The molecule has 0 aliphatic heterocycles. The number of nitro benzene ring substituents is 1. The third kappa shape index (κ3) is 5.21. The van der Waals surface area contributed by atoms with E-state index in [1.807, 2.05) is 11.5 Å². The average Bonchev–Trinajstić information content (AvgIpc) is 3.03. The van der Waals surface area contributed by atoms with Crippen LogP contribution >= 0.6 is 11.3 Å². The fourth-order valence-electron chi connectivity index (χ4n) is 2.69. The van der Waals surface area contributed by atoms with Crippen molar-refractivity contribution < 1.29 is 18.8 Å². The lowest BCUT2D eigenvalue weighted by Gasteiger charge is -2.05. The number of nitro groups is 1. The van der Waals surface area contributed by atoms with Gasteiger partial charge in [0.2, 0.25) is 0 Å². The van der Waals surface area contributed by atoms with Gasteiger partial charge in [-0.05, 0) is 36.8 Å². The fraction of sp³-hybridized carbons (Fsp3) is 0.200. The molecule has 0 atom stereocenters. The van der Waals surface area contributed by atoms with Crippen LogP contribution in [0.1, 0.15) is 12.5 Å². The van der Waals surface area contributed by atoms with E-state index in [2.05, 4.69) is 4.99 Å². The summed E-state index contributed by atoms with van der Waals surface area (Å²) in [7, 11) is 0. The van der Waals surface area contributed by atoms with Crippen LogP contribution < -0.4 is 4.80 Å². The van der Waals surface area contributed by atoms with Gasteiger partial charge in [0.1, 0.15) is 5.82 Å². The number of benzene rings is 2. The molecular formula is C20H18FN3O4S. The molecule has 0 aliphatic carbocycles. The van der Waals surface area contributed by atoms with Crippen molar-refractivity contribution in [2.75, 3.05) is 13.2 Å². The SMILES string of the molecule is CCOCCn1c(=NC(=O)C=Cc2cccc([N+](=O)[O-])c2)sc2cc(F)ccc21. The quantitative estimate of drug-likeness (QED) is 0.253. The van der Waals surface area contributed by atoms with Crippen molar-refractivity contribution >= 4 is 39.2 Å². The number of non-ortho nitro benzene ring substituents is 1. The molecule has 0 spiro atoms. The van der Waals surface area contributed by atoms with Gasteiger partial charge in [0, 0.05) is 31.4 Å². The minimum atomic E-state index is -0.520. The monoisotopic (exact) mass is 415 g/mol. The lowest BCUT2D eigenvalue weighted by atomic mass is 10.2. The number of carbonyl (C=O) groups is 1. The summed E-state index contributed by atoms with van der Waals surface area (Å²) in [5, 5.41) is 10.8. The van der Waals surface area contributed by atoms with Crippen molar-refractivity contribution in [1.82, 2.24) is 4.57 Å². The molecule has 1 aromatic heterocycles. The molecule has 3 rings (SSSR count). The van der Waals surface area contributed by atoms with E-state index >= 15 is 0 Å². The molecule has 0 fully saturated rings. The highest BCUT2D eigenvalue weighted by Gasteiger charge is 2.09. The van der Waals surface area contributed by atoms with Crippen LogP contribution in [0.2, 0.25) is 0 Å². The van der Waals surface area contributed by atoms with E-state index in [0.29, 0.717) is 34.8 Å². The Morgan fingerprint density at radius 3 is 2.93 bits per heavy atom. The zero-order chi connectivity index (χ0) is 20.8. The molecule has 0 aliphatic rings. The first-order valence-electron chi connectivity index (χ1n) is 8.86. The van der Waals surface area contributed by atoms with Gasteiger partial charge >= 0.3 is 0 Å². The van der Waals surface area contributed by atoms with Crippen molar-refractivity contribution in [1.29, 1.82) is 0 Å². The molecular weight excluding hydrogens is 397 g/mol. The van der Waals surface area contributed by atoms with Gasteiger partial charge in [-0.1, -0.05) is 23.5 Å². The predicted molar refractivity (Wildman–Crippen MR) is 109 cm³/mol. The minimum absolute atomic E-state index is 0.0585. The Labute approximate surface area is 169 Å². The number of amides is 1. The van der Waals surface area contributed by atoms with Gasteiger partial charge in [-0.2, -0.15) is 4.99 Å². The number of thiazole rings is 1. The van der Waals surface area contributed by atoms with E-state index in [9.17, 15) is 19.3 Å². The number of carbonyl (C=O) groups excluding carboxylic acids is 1. The molecule has 0 saturated heterocycles. The van der Waals surface area contributed by atoms with Crippen LogP contribution in [0.15, 0.2) is 53.5 Å². The van der Waals surface area contributed by atoms with Gasteiger partial charge in [-0.25, -0.2) is 4.39 Å². The normalized spacial score (nSPS) is 12.1. The highest BCUT2D eigenvalue weighted by molar-refractivity contribution is 7.16. The third-order valence-electron chi connectivity index (χ3n) is 4.01. The van der Waals surface area contributed by atoms with Gasteiger partial charge in [0.05, 0.1) is 21.7 Å². The summed E-state index contributed by atoms with van der Waals surface area (Å²) in [4.78, 5) is 27.2. The lowest BCUT2D eigenvalue weighted by molar-refractivity contribution is -0.384. The van der Waals surface area contributed by atoms with Crippen LogP contribution in [-0.4, -0.2) is 28.6 Å². The van der Waals surface area contributed by atoms with Crippen molar-refractivity contribution in [2.24, 2.45) is 4.99 Å². The van der Waals surface area contributed by atoms with E-state index < -0.39 is 10.8 Å². The Bertz CT molecular complexity index is 1150. The Balaban J connectivity index is 1.91. The number of rotatable bonds is 7. The highest BCUT2D eigenvalue weighted by Crippen LogP contribution is 2.19.